The van der Waals surface area contributed by atoms with Crippen LogP contribution in [0.4, 0.5) is 10.1 Å². The minimum absolute atomic E-state index is 0.000280. The number of aryl methyl sites for hydroxylation is 2. The Morgan fingerprint density at radius 1 is 1.12 bits per heavy atom. The number of pyridine rings is 1. The van der Waals surface area contributed by atoms with Crippen LogP contribution in [0.15, 0.2) is 66.5 Å². The summed E-state index contributed by atoms with van der Waals surface area (Å²) in [6.45, 7) is 3.51. The molecular formula is C26H22FN3O4. The standard InChI is InChI=1S/C26H22FN3O4/c1-14-9-23(21(11-19(14)25(28)32)17-7-8-29-15(2)10-17)30-13-22(26(33)34)20(12-24(30)31)16-3-5-18(27)6-4-16/h3-11,13,20H,12H2,1-2H3,(H2,28,32)(H,33,34)/t20-/m0/s1. The number of carbonyl (C=O) groups excluding carboxylic acids is 2. The molecule has 0 saturated heterocycles. The summed E-state index contributed by atoms with van der Waals surface area (Å²) < 4.78 is 13.4. The second-order valence-corrected chi connectivity index (χ2v) is 8.20. The number of primary amides is 1. The minimum Gasteiger partial charge on any atom is -0.478 e. The fourth-order valence-corrected chi connectivity index (χ4v) is 4.19. The molecule has 2 amide bonds. The first-order valence-corrected chi connectivity index (χ1v) is 10.6. The van der Waals surface area contributed by atoms with Crippen molar-refractivity contribution in [3.05, 3.63) is 94.7 Å². The van der Waals surface area contributed by atoms with Crippen LogP contribution in [0.1, 0.15) is 39.5 Å². The maximum Gasteiger partial charge on any atom is 0.333 e. The molecule has 1 aromatic heterocycles. The quantitative estimate of drug-likeness (QED) is 0.597. The summed E-state index contributed by atoms with van der Waals surface area (Å²) in [6.07, 6.45) is 2.80. The van der Waals surface area contributed by atoms with Crippen LogP contribution in [0.5, 0.6) is 0 Å². The molecule has 0 spiro atoms. The van der Waals surface area contributed by atoms with Gasteiger partial charge in [-0.3, -0.25) is 19.5 Å². The molecule has 3 aromatic rings. The zero-order valence-corrected chi connectivity index (χ0v) is 18.6. The van der Waals surface area contributed by atoms with Crippen LogP contribution in [-0.4, -0.2) is 27.9 Å². The van der Waals surface area contributed by atoms with E-state index in [2.05, 4.69) is 4.98 Å². The number of halogens is 1. The van der Waals surface area contributed by atoms with Gasteiger partial charge in [-0.05, 0) is 66.9 Å². The highest BCUT2D eigenvalue weighted by Crippen LogP contribution is 2.40. The van der Waals surface area contributed by atoms with Crippen molar-refractivity contribution in [2.45, 2.75) is 26.2 Å². The number of hydrogen-bond donors (Lipinski definition) is 2. The molecule has 34 heavy (non-hydrogen) atoms. The Labute approximate surface area is 195 Å². The van der Waals surface area contributed by atoms with Crippen LogP contribution >= 0.6 is 0 Å². The predicted molar refractivity (Wildman–Crippen MR) is 125 cm³/mol. The summed E-state index contributed by atoms with van der Waals surface area (Å²) in [4.78, 5) is 42.9. The predicted octanol–water partition coefficient (Wildman–Crippen LogP) is 4.09. The van der Waals surface area contributed by atoms with E-state index in [9.17, 15) is 23.9 Å². The molecule has 7 nitrogen and oxygen atoms in total. The summed E-state index contributed by atoms with van der Waals surface area (Å²) in [7, 11) is 0. The largest absolute Gasteiger partial charge is 0.478 e. The molecule has 0 bridgehead atoms. The fraction of sp³-hybridized carbons (Fsp3) is 0.154. The molecule has 3 N–H and O–H groups in total. The number of carboxylic acids is 1. The van der Waals surface area contributed by atoms with Crippen LogP contribution in [0.2, 0.25) is 0 Å². The molecule has 1 atom stereocenters. The number of benzene rings is 2. The zero-order chi connectivity index (χ0) is 24.6. The normalized spacial score (nSPS) is 15.7. The minimum atomic E-state index is -1.18. The van der Waals surface area contributed by atoms with Crippen LogP contribution in [0.3, 0.4) is 0 Å². The Bertz CT molecular complexity index is 1350. The molecular weight excluding hydrogens is 437 g/mol. The zero-order valence-electron chi connectivity index (χ0n) is 18.6. The molecule has 2 aromatic carbocycles. The topological polar surface area (TPSA) is 114 Å². The van der Waals surface area contributed by atoms with Gasteiger partial charge in [0.1, 0.15) is 5.82 Å². The SMILES string of the molecule is Cc1cc(-c2cc(C(N)=O)c(C)cc2N2C=C(C(=O)O)[C@H](c3ccc(F)cc3)CC2=O)ccn1. The van der Waals surface area contributed by atoms with Gasteiger partial charge in [-0.15, -0.1) is 0 Å². The summed E-state index contributed by atoms with van der Waals surface area (Å²) in [5.74, 6) is -3.30. The molecule has 0 unspecified atom stereocenters. The van der Waals surface area contributed by atoms with Gasteiger partial charge in [0.15, 0.2) is 0 Å². The molecule has 0 saturated carbocycles. The van der Waals surface area contributed by atoms with Gasteiger partial charge in [0.25, 0.3) is 0 Å². The molecule has 8 heteroatoms. The average Bonchev–Trinajstić information content (AvgIpc) is 2.79. The number of nitrogens with two attached hydrogens (primary N) is 1. The third kappa shape index (κ3) is 4.30. The molecule has 172 valence electrons. The Balaban J connectivity index is 1.90. The maximum absolute atomic E-state index is 13.4. The lowest BCUT2D eigenvalue weighted by molar-refractivity contribution is -0.133. The number of amides is 2. The van der Waals surface area contributed by atoms with Crippen LogP contribution in [0, 0.1) is 19.7 Å². The van der Waals surface area contributed by atoms with Gasteiger partial charge in [-0.2, -0.15) is 0 Å². The molecule has 1 aliphatic heterocycles. The highest BCUT2D eigenvalue weighted by molar-refractivity contribution is 6.06. The Morgan fingerprint density at radius 2 is 1.82 bits per heavy atom. The van der Waals surface area contributed by atoms with Crippen LogP contribution in [-0.2, 0) is 9.59 Å². The number of nitrogens with zero attached hydrogens (tertiary/aromatic N) is 2. The monoisotopic (exact) mass is 459 g/mol. The van der Waals surface area contributed by atoms with Crippen molar-refractivity contribution in [3.63, 3.8) is 0 Å². The number of rotatable bonds is 5. The van der Waals surface area contributed by atoms with E-state index in [4.69, 9.17) is 5.73 Å². The number of aliphatic carboxylic acids is 1. The first-order valence-electron chi connectivity index (χ1n) is 10.6. The van der Waals surface area contributed by atoms with Gasteiger partial charge in [0.2, 0.25) is 11.8 Å². The average molecular weight is 459 g/mol. The van der Waals surface area contributed by atoms with Gasteiger partial charge in [-0.25, -0.2) is 9.18 Å². The molecule has 1 aliphatic rings. The number of carbonyl (C=O) groups is 3. The summed E-state index contributed by atoms with van der Waals surface area (Å²) in [5, 5.41) is 9.92. The van der Waals surface area contributed by atoms with Crippen molar-refractivity contribution in [1.82, 2.24) is 4.98 Å². The Hall–Kier alpha value is -4.33. The molecule has 0 aliphatic carbocycles. The van der Waals surface area contributed by atoms with E-state index < -0.39 is 23.6 Å². The second kappa shape index (κ2) is 8.90. The van der Waals surface area contributed by atoms with Crippen LogP contribution < -0.4 is 10.6 Å². The Kier molecular flexibility index (Phi) is 5.98. The van der Waals surface area contributed by atoms with Gasteiger partial charge >= 0.3 is 5.97 Å². The van der Waals surface area contributed by atoms with Crippen molar-refractivity contribution in [2.75, 3.05) is 4.90 Å². The van der Waals surface area contributed by atoms with E-state index in [1.54, 1.807) is 37.4 Å². The van der Waals surface area contributed by atoms with Gasteiger partial charge in [0.05, 0.1) is 11.3 Å². The molecule has 0 fully saturated rings. The summed E-state index contributed by atoms with van der Waals surface area (Å²) in [6, 6.07) is 12.2. The lowest BCUT2D eigenvalue weighted by atomic mass is 9.85. The summed E-state index contributed by atoms with van der Waals surface area (Å²) in [5.41, 5.74) is 9.33. The fourth-order valence-electron chi connectivity index (χ4n) is 4.19. The smallest absolute Gasteiger partial charge is 0.333 e. The van der Waals surface area contributed by atoms with Crippen molar-refractivity contribution in [1.29, 1.82) is 0 Å². The maximum atomic E-state index is 13.4. The number of hydrogen-bond acceptors (Lipinski definition) is 4. The first kappa shape index (κ1) is 22.8. The van der Waals surface area contributed by atoms with Crippen molar-refractivity contribution in [3.8, 4) is 11.1 Å². The van der Waals surface area contributed by atoms with Gasteiger partial charge < -0.3 is 10.8 Å². The highest BCUT2D eigenvalue weighted by atomic mass is 19.1. The van der Waals surface area contributed by atoms with E-state index in [1.165, 1.54) is 35.4 Å². The molecule has 2 heterocycles. The van der Waals surface area contributed by atoms with E-state index in [0.29, 0.717) is 33.5 Å². The highest BCUT2D eigenvalue weighted by Gasteiger charge is 2.34. The van der Waals surface area contributed by atoms with E-state index in [0.717, 1.165) is 5.69 Å². The second-order valence-electron chi connectivity index (χ2n) is 8.20. The first-order chi connectivity index (χ1) is 16.2. The number of carboxylic acid groups (broad SMARTS) is 1. The van der Waals surface area contributed by atoms with Gasteiger partial charge in [0, 0.05) is 41.6 Å². The lowest BCUT2D eigenvalue weighted by Gasteiger charge is -2.31. The van der Waals surface area contributed by atoms with Crippen LogP contribution in [0.25, 0.3) is 11.1 Å². The van der Waals surface area contributed by atoms with Crippen molar-refractivity contribution < 1.29 is 23.9 Å². The molecule has 0 radical (unpaired) electrons. The molecule has 4 rings (SSSR count). The number of aromatic nitrogens is 1. The van der Waals surface area contributed by atoms with Crippen molar-refractivity contribution >= 4 is 23.5 Å². The van der Waals surface area contributed by atoms with Crippen molar-refractivity contribution in [2.24, 2.45) is 5.73 Å². The van der Waals surface area contributed by atoms with E-state index >= 15 is 0 Å². The Morgan fingerprint density at radius 3 is 2.44 bits per heavy atom. The van der Waals surface area contributed by atoms with Gasteiger partial charge in [-0.1, -0.05) is 12.1 Å². The van der Waals surface area contributed by atoms with E-state index in [1.807, 2.05) is 6.92 Å². The number of anilines is 1. The van der Waals surface area contributed by atoms with E-state index in [-0.39, 0.29) is 17.9 Å². The third-order valence-electron chi connectivity index (χ3n) is 5.89. The third-order valence-corrected chi connectivity index (χ3v) is 5.89. The summed E-state index contributed by atoms with van der Waals surface area (Å²) >= 11 is 0. The lowest BCUT2D eigenvalue weighted by Crippen LogP contribution is -2.34.